The van der Waals surface area contributed by atoms with Gasteiger partial charge in [-0.1, -0.05) is 11.6 Å². The number of amides is 1. The molecule has 1 amide bonds. The molecule has 0 aromatic heterocycles. The fourth-order valence-corrected chi connectivity index (χ4v) is 2.14. The van der Waals surface area contributed by atoms with Gasteiger partial charge in [0.15, 0.2) is 6.61 Å². The van der Waals surface area contributed by atoms with Crippen LogP contribution in [0.25, 0.3) is 0 Å². The van der Waals surface area contributed by atoms with Gasteiger partial charge in [0.25, 0.3) is 11.6 Å². The maximum atomic E-state index is 12.5. The molecule has 142 valence electrons. The number of esters is 1. The van der Waals surface area contributed by atoms with E-state index in [0.29, 0.717) is 0 Å². The molecule has 2 aromatic rings. The van der Waals surface area contributed by atoms with E-state index >= 15 is 0 Å². The number of nitrogens with one attached hydrogen (secondary N) is 1. The lowest BCUT2D eigenvalue weighted by Gasteiger charge is -2.09. The molecule has 0 aliphatic carbocycles. The van der Waals surface area contributed by atoms with Gasteiger partial charge in [-0.15, -0.1) is 0 Å². The first-order chi connectivity index (χ1) is 12.6. The van der Waals surface area contributed by atoms with Crippen molar-refractivity contribution in [1.82, 2.24) is 0 Å². The van der Waals surface area contributed by atoms with Crippen LogP contribution < -0.4 is 5.32 Å². The van der Waals surface area contributed by atoms with Gasteiger partial charge in [-0.25, -0.2) is 4.79 Å². The Balaban J connectivity index is 1.98. The first kappa shape index (κ1) is 20.2. The Morgan fingerprint density at radius 1 is 1.15 bits per heavy atom. The molecular formula is C16H10ClF3N2O5. The summed E-state index contributed by atoms with van der Waals surface area (Å²) in [4.78, 5) is 33.8. The van der Waals surface area contributed by atoms with Crippen molar-refractivity contribution in [1.29, 1.82) is 0 Å². The maximum Gasteiger partial charge on any atom is 0.416 e. The molecule has 0 aliphatic heterocycles. The predicted molar refractivity (Wildman–Crippen MR) is 88.5 cm³/mol. The number of rotatable bonds is 5. The third-order valence-electron chi connectivity index (χ3n) is 3.21. The van der Waals surface area contributed by atoms with Crippen LogP contribution in [0.15, 0.2) is 42.5 Å². The highest BCUT2D eigenvalue weighted by molar-refractivity contribution is 6.31. The first-order valence-electron chi connectivity index (χ1n) is 7.16. The second-order valence-corrected chi connectivity index (χ2v) is 5.55. The van der Waals surface area contributed by atoms with Gasteiger partial charge in [0.05, 0.1) is 10.5 Å². The van der Waals surface area contributed by atoms with E-state index in [-0.39, 0.29) is 10.7 Å². The zero-order chi connectivity index (χ0) is 20.2. The number of alkyl halides is 3. The molecule has 0 bridgehead atoms. The van der Waals surface area contributed by atoms with Crippen LogP contribution in [-0.4, -0.2) is 23.4 Å². The van der Waals surface area contributed by atoms with Crippen molar-refractivity contribution in [3.05, 3.63) is 68.7 Å². The SMILES string of the molecule is O=C(COC(=O)c1ccc(Cl)cc1[N+](=O)[O-])Nc1ccc(C(F)(F)F)cc1. The smallest absolute Gasteiger partial charge is 0.416 e. The largest absolute Gasteiger partial charge is 0.452 e. The molecule has 2 rings (SSSR count). The lowest BCUT2D eigenvalue weighted by atomic mass is 10.2. The number of carbonyl (C=O) groups is 2. The van der Waals surface area contributed by atoms with E-state index in [1.165, 1.54) is 6.07 Å². The number of nitro benzene ring substituents is 1. The molecule has 2 aromatic carbocycles. The second-order valence-electron chi connectivity index (χ2n) is 5.12. The minimum atomic E-state index is -4.51. The third kappa shape index (κ3) is 5.42. The maximum absolute atomic E-state index is 12.5. The number of anilines is 1. The minimum Gasteiger partial charge on any atom is -0.452 e. The fraction of sp³-hybridized carbons (Fsp3) is 0.125. The van der Waals surface area contributed by atoms with Gasteiger partial charge in [0, 0.05) is 16.8 Å². The summed E-state index contributed by atoms with van der Waals surface area (Å²) < 4.78 is 42.1. The van der Waals surface area contributed by atoms with Gasteiger partial charge >= 0.3 is 12.1 Å². The van der Waals surface area contributed by atoms with Crippen molar-refractivity contribution in [2.45, 2.75) is 6.18 Å². The number of ether oxygens (including phenoxy) is 1. The van der Waals surface area contributed by atoms with Gasteiger partial charge in [-0.05, 0) is 36.4 Å². The van der Waals surface area contributed by atoms with Crippen LogP contribution in [0, 0.1) is 10.1 Å². The average molecular weight is 403 g/mol. The van der Waals surface area contributed by atoms with Crippen LogP contribution in [0.2, 0.25) is 5.02 Å². The number of halogens is 4. The van der Waals surface area contributed by atoms with E-state index in [1.807, 2.05) is 0 Å². The summed E-state index contributed by atoms with van der Waals surface area (Å²) in [5, 5.41) is 13.2. The highest BCUT2D eigenvalue weighted by atomic mass is 35.5. The van der Waals surface area contributed by atoms with Crippen LogP contribution in [0.1, 0.15) is 15.9 Å². The molecule has 0 saturated heterocycles. The Kier molecular flexibility index (Phi) is 6.01. The number of hydrogen-bond donors (Lipinski definition) is 1. The van der Waals surface area contributed by atoms with Gasteiger partial charge in [0.1, 0.15) is 5.56 Å². The van der Waals surface area contributed by atoms with E-state index < -0.39 is 46.4 Å². The van der Waals surface area contributed by atoms with Gasteiger partial charge in [-0.3, -0.25) is 14.9 Å². The zero-order valence-corrected chi connectivity index (χ0v) is 14.0. The van der Waals surface area contributed by atoms with Crippen molar-refractivity contribution in [2.24, 2.45) is 0 Å². The molecule has 0 heterocycles. The second kappa shape index (κ2) is 8.04. The molecule has 27 heavy (non-hydrogen) atoms. The Bertz CT molecular complexity index is 885. The molecule has 0 atom stereocenters. The first-order valence-corrected chi connectivity index (χ1v) is 7.54. The summed E-state index contributed by atoms with van der Waals surface area (Å²) in [6.07, 6.45) is -4.51. The summed E-state index contributed by atoms with van der Waals surface area (Å²) >= 11 is 5.63. The molecule has 0 saturated carbocycles. The van der Waals surface area contributed by atoms with E-state index in [9.17, 15) is 32.9 Å². The molecule has 11 heteroatoms. The van der Waals surface area contributed by atoms with Crippen molar-refractivity contribution < 1.29 is 32.4 Å². The zero-order valence-electron chi connectivity index (χ0n) is 13.2. The fourth-order valence-electron chi connectivity index (χ4n) is 1.98. The topological polar surface area (TPSA) is 98.5 Å². The number of carbonyl (C=O) groups excluding carboxylic acids is 2. The number of benzene rings is 2. The predicted octanol–water partition coefficient (Wildman–Crippen LogP) is 4.06. The molecule has 0 radical (unpaired) electrons. The van der Waals surface area contributed by atoms with Crippen molar-refractivity contribution in [3.63, 3.8) is 0 Å². The summed E-state index contributed by atoms with van der Waals surface area (Å²) in [5.41, 5.74) is -1.81. The molecule has 7 nitrogen and oxygen atoms in total. The molecule has 0 spiro atoms. The number of hydrogen-bond acceptors (Lipinski definition) is 5. The Labute approximate surface area is 154 Å². The average Bonchev–Trinajstić information content (AvgIpc) is 2.59. The van der Waals surface area contributed by atoms with Crippen molar-refractivity contribution in [2.75, 3.05) is 11.9 Å². The van der Waals surface area contributed by atoms with Gasteiger partial charge in [0.2, 0.25) is 0 Å². The quantitative estimate of drug-likeness (QED) is 0.462. The Morgan fingerprint density at radius 3 is 2.33 bits per heavy atom. The van der Waals surface area contributed by atoms with E-state index in [0.717, 1.165) is 36.4 Å². The van der Waals surface area contributed by atoms with Crippen molar-refractivity contribution >= 4 is 34.9 Å². The highest BCUT2D eigenvalue weighted by Crippen LogP contribution is 2.29. The lowest BCUT2D eigenvalue weighted by molar-refractivity contribution is -0.385. The van der Waals surface area contributed by atoms with Gasteiger partial charge in [-0.2, -0.15) is 13.2 Å². The summed E-state index contributed by atoms with van der Waals surface area (Å²) in [5.74, 6) is -1.96. The monoisotopic (exact) mass is 402 g/mol. The summed E-state index contributed by atoms with van der Waals surface area (Å²) in [6.45, 7) is -0.792. The molecular weight excluding hydrogens is 393 g/mol. The molecule has 0 fully saturated rings. The Hall–Kier alpha value is -3.14. The third-order valence-corrected chi connectivity index (χ3v) is 3.44. The lowest BCUT2D eigenvalue weighted by Crippen LogP contribution is -2.21. The van der Waals surface area contributed by atoms with Crippen LogP contribution in [0.3, 0.4) is 0 Å². The molecule has 0 unspecified atom stereocenters. The summed E-state index contributed by atoms with van der Waals surface area (Å²) in [7, 11) is 0. The number of nitrogens with zero attached hydrogens (tertiary/aromatic N) is 1. The molecule has 0 aliphatic rings. The minimum absolute atomic E-state index is 0.0401. The van der Waals surface area contributed by atoms with Crippen LogP contribution in [0.5, 0.6) is 0 Å². The van der Waals surface area contributed by atoms with E-state index in [1.54, 1.807) is 0 Å². The van der Waals surface area contributed by atoms with Crippen LogP contribution in [-0.2, 0) is 15.7 Å². The highest BCUT2D eigenvalue weighted by Gasteiger charge is 2.30. The normalized spacial score (nSPS) is 11.0. The van der Waals surface area contributed by atoms with E-state index in [4.69, 9.17) is 16.3 Å². The van der Waals surface area contributed by atoms with E-state index in [2.05, 4.69) is 5.32 Å². The van der Waals surface area contributed by atoms with Crippen LogP contribution >= 0.6 is 11.6 Å². The Morgan fingerprint density at radius 2 is 1.78 bits per heavy atom. The number of nitro groups is 1. The standard InChI is InChI=1S/C16H10ClF3N2O5/c17-10-3-6-12(13(7-10)22(25)26)15(24)27-8-14(23)21-11-4-1-9(2-5-11)16(18,19)20/h1-7H,8H2,(H,21,23). The van der Waals surface area contributed by atoms with Crippen LogP contribution in [0.4, 0.5) is 24.5 Å². The molecule has 1 N–H and O–H groups in total. The summed E-state index contributed by atoms with van der Waals surface area (Å²) in [6, 6.07) is 6.90. The van der Waals surface area contributed by atoms with Crippen molar-refractivity contribution in [3.8, 4) is 0 Å². The van der Waals surface area contributed by atoms with Gasteiger partial charge < -0.3 is 10.1 Å².